The van der Waals surface area contributed by atoms with Gasteiger partial charge in [-0.05, 0) is 56.3 Å². The van der Waals surface area contributed by atoms with E-state index in [1.165, 1.54) is 16.0 Å². The lowest BCUT2D eigenvalue weighted by Gasteiger charge is -2.38. The number of carbonyl (C=O) groups is 1. The van der Waals surface area contributed by atoms with Gasteiger partial charge in [0, 0.05) is 35.6 Å². The van der Waals surface area contributed by atoms with Gasteiger partial charge in [0.2, 0.25) is 0 Å². The smallest absolute Gasteiger partial charge is 0.251 e. The molecule has 3 nitrogen and oxygen atoms in total. The molecule has 1 aliphatic heterocycles. The molecule has 122 valence electrons. The van der Waals surface area contributed by atoms with Crippen molar-refractivity contribution in [1.82, 2.24) is 10.2 Å². The zero-order valence-corrected chi connectivity index (χ0v) is 14.8. The fourth-order valence-electron chi connectivity index (χ4n) is 3.37. The molecule has 1 aromatic heterocycles. The number of hydrogen-bond donors (Lipinski definition) is 1. The van der Waals surface area contributed by atoms with Crippen molar-refractivity contribution in [3.63, 3.8) is 0 Å². The molecule has 2 aromatic rings. The summed E-state index contributed by atoms with van der Waals surface area (Å²) in [6.07, 6.45) is 1.11. The van der Waals surface area contributed by atoms with Crippen molar-refractivity contribution < 1.29 is 4.79 Å². The summed E-state index contributed by atoms with van der Waals surface area (Å²) in [4.78, 5) is 16.2. The van der Waals surface area contributed by atoms with E-state index in [4.69, 9.17) is 0 Å². The van der Waals surface area contributed by atoms with Crippen LogP contribution in [0.1, 0.15) is 46.3 Å². The van der Waals surface area contributed by atoms with E-state index < -0.39 is 0 Å². The molecule has 0 radical (unpaired) electrons. The van der Waals surface area contributed by atoms with Crippen molar-refractivity contribution in [2.45, 2.75) is 39.3 Å². The minimum atomic E-state index is 0.0131. The summed E-state index contributed by atoms with van der Waals surface area (Å²) in [5.74, 6) is 0.0131. The van der Waals surface area contributed by atoms with Gasteiger partial charge in [-0.2, -0.15) is 0 Å². The van der Waals surface area contributed by atoms with Crippen molar-refractivity contribution in [2.24, 2.45) is 0 Å². The molecule has 1 aliphatic rings. The van der Waals surface area contributed by atoms with Gasteiger partial charge in [0.05, 0.1) is 0 Å². The van der Waals surface area contributed by atoms with Crippen LogP contribution in [0, 0.1) is 6.92 Å². The highest BCUT2D eigenvalue weighted by Crippen LogP contribution is 2.35. The van der Waals surface area contributed by atoms with Gasteiger partial charge in [-0.15, -0.1) is 11.3 Å². The third kappa shape index (κ3) is 3.48. The van der Waals surface area contributed by atoms with Crippen LogP contribution in [0.5, 0.6) is 0 Å². The molecule has 1 amide bonds. The number of fused-ring (bicyclic) bond motifs is 1. The van der Waals surface area contributed by atoms with E-state index in [0.29, 0.717) is 18.6 Å². The maximum absolute atomic E-state index is 12.2. The average molecular weight is 328 g/mol. The monoisotopic (exact) mass is 328 g/mol. The molecule has 0 bridgehead atoms. The van der Waals surface area contributed by atoms with Crippen LogP contribution in [0.4, 0.5) is 0 Å². The Hall–Kier alpha value is -1.65. The van der Waals surface area contributed by atoms with Gasteiger partial charge in [0.1, 0.15) is 0 Å². The second kappa shape index (κ2) is 6.85. The minimum absolute atomic E-state index is 0.0131. The predicted octanol–water partition coefficient (Wildman–Crippen LogP) is 3.79. The quantitative estimate of drug-likeness (QED) is 0.926. The molecule has 3 rings (SSSR count). The molecular formula is C19H24N2OS. The van der Waals surface area contributed by atoms with Crippen LogP contribution >= 0.6 is 11.3 Å². The molecule has 23 heavy (non-hydrogen) atoms. The number of thiophene rings is 1. The lowest BCUT2D eigenvalue weighted by molar-refractivity contribution is 0.0930. The summed E-state index contributed by atoms with van der Waals surface area (Å²) >= 11 is 1.85. The number of carbonyl (C=O) groups excluding carboxylic acids is 1. The van der Waals surface area contributed by atoms with Crippen LogP contribution in [0.2, 0.25) is 0 Å². The van der Waals surface area contributed by atoms with Gasteiger partial charge in [0.15, 0.2) is 0 Å². The van der Waals surface area contributed by atoms with Gasteiger partial charge in [-0.25, -0.2) is 0 Å². The molecule has 0 saturated heterocycles. The van der Waals surface area contributed by atoms with Crippen LogP contribution in [0.15, 0.2) is 35.7 Å². The first-order chi connectivity index (χ1) is 11.1. The molecule has 2 heterocycles. The molecule has 4 heteroatoms. The van der Waals surface area contributed by atoms with E-state index in [1.54, 1.807) is 0 Å². The predicted molar refractivity (Wildman–Crippen MR) is 96.1 cm³/mol. The van der Waals surface area contributed by atoms with E-state index in [-0.39, 0.29) is 5.91 Å². The van der Waals surface area contributed by atoms with Crippen molar-refractivity contribution in [3.8, 4) is 0 Å². The van der Waals surface area contributed by atoms with Gasteiger partial charge >= 0.3 is 0 Å². The molecule has 1 aromatic carbocycles. The largest absolute Gasteiger partial charge is 0.351 e. The number of nitrogens with one attached hydrogen (secondary N) is 1. The zero-order valence-electron chi connectivity index (χ0n) is 14.0. The molecule has 0 saturated carbocycles. The summed E-state index contributed by atoms with van der Waals surface area (Å²) < 4.78 is 0. The highest BCUT2D eigenvalue weighted by Gasteiger charge is 2.29. The minimum Gasteiger partial charge on any atom is -0.351 e. The van der Waals surface area contributed by atoms with Crippen molar-refractivity contribution in [3.05, 3.63) is 57.3 Å². The second-order valence-electron chi connectivity index (χ2n) is 6.40. The summed E-state index contributed by atoms with van der Waals surface area (Å²) in [6, 6.07) is 10.9. The Kier molecular flexibility index (Phi) is 4.83. The first-order valence-electron chi connectivity index (χ1n) is 8.23. The Labute approximate surface area is 142 Å². The van der Waals surface area contributed by atoms with Crippen LogP contribution in [-0.2, 0) is 6.42 Å². The van der Waals surface area contributed by atoms with Crippen LogP contribution in [0.25, 0.3) is 0 Å². The van der Waals surface area contributed by atoms with E-state index >= 15 is 0 Å². The van der Waals surface area contributed by atoms with E-state index in [1.807, 2.05) is 42.5 Å². The molecule has 1 N–H and O–H groups in total. The molecule has 0 unspecified atom stereocenters. The number of hydrogen-bond acceptors (Lipinski definition) is 3. The Morgan fingerprint density at radius 3 is 2.74 bits per heavy atom. The molecule has 0 fully saturated rings. The lowest BCUT2D eigenvalue weighted by Crippen LogP contribution is -2.44. The normalized spacial score (nSPS) is 21.0. The van der Waals surface area contributed by atoms with E-state index in [9.17, 15) is 4.79 Å². The average Bonchev–Trinajstić information content (AvgIpc) is 2.99. The second-order valence-corrected chi connectivity index (χ2v) is 7.35. The van der Waals surface area contributed by atoms with Gasteiger partial charge < -0.3 is 5.32 Å². The van der Waals surface area contributed by atoms with Gasteiger partial charge in [-0.1, -0.05) is 17.7 Å². The maximum atomic E-state index is 12.2. The number of rotatable bonds is 4. The van der Waals surface area contributed by atoms with Crippen LogP contribution in [-0.4, -0.2) is 29.9 Å². The van der Waals surface area contributed by atoms with Crippen molar-refractivity contribution in [2.75, 3.05) is 13.1 Å². The third-order valence-corrected chi connectivity index (χ3v) is 5.84. The van der Waals surface area contributed by atoms with Crippen molar-refractivity contribution >= 4 is 17.2 Å². The Balaban J connectivity index is 1.56. The Morgan fingerprint density at radius 1 is 1.26 bits per heavy atom. The van der Waals surface area contributed by atoms with E-state index in [2.05, 4.69) is 35.5 Å². The molecule has 2 atom stereocenters. The molecule has 0 aliphatic carbocycles. The highest BCUT2D eigenvalue weighted by atomic mass is 32.1. The first-order valence-corrected chi connectivity index (χ1v) is 9.11. The lowest BCUT2D eigenvalue weighted by atomic mass is 9.97. The van der Waals surface area contributed by atoms with E-state index in [0.717, 1.165) is 18.5 Å². The zero-order chi connectivity index (χ0) is 16.4. The summed E-state index contributed by atoms with van der Waals surface area (Å²) in [7, 11) is 0. The van der Waals surface area contributed by atoms with Crippen LogP contribution < -0.4 is 5.32 Å². The standard InChI is InChI=1S/C19H24N2OS/c1-13-4-6-16(7-5-13)19(22)20-9-10-21-14(2)12-17-8-11-23-18(17)15(21)3/h4-8,11,14-15H,9-10,12H2,1-3H3,(H,20,22)/t14-,15+/m1/s1. The summed E-state index contributed by atoms with van der Waals surface area (Å²) in [5.41, 5.74) is 3.40. The summed E-state index contributed by atoms with van der Waals surface area (Å²) in [6.45, 7) is 8.14. The number of nitrogens with zero attached hydrogens (tertiary/aromatic N) is 1. The third-order valence-electron chi connectivity index (χ3n) is 4.71. The maximum Gasteiger partial charge on any atom is 0.251 e. The fourth-order valence-corrected chi connectivity index (χ4v) is 4.38. The van der Waals surface area contributed by atoms with Gasteiger partial charge in [0.25, 0.3) is 5.91 Å². The van der Waals surface area contributed by atoms with Crippen molar-refractivity contribution in [1.29, 1.82) is 0 Å². The Bertz CT molecular complexity index is 677. The van der Waals surface area contributed by atoms with Gasteiger partial charge in [-0.3, -0.25) is 9.69 Å². The topological polar surface area (TPSA) is 32.3 Å². The first kappa shape index (κ1) is 16.2. The fraction of sp³-hybridized carbons (Fsp3) is 0.421. The number of amides is 1. The number of benzene rings is 1. The highest BCUT2D eigenvalue weighted by molar-refractivity contribution is 7.10. The summed E-state index contributed by atoms with van der Waals surface area (Å²) in [5, 5.41) is 5.24. The van der Waals surface area contributed by atoms with Crippen LogP contribution in [0.3, 0.4) is 0 Å². The SMILES string of the molecule is Cc1ccc(C(=O)NCCN2[C@H](C)Cc3ccsc3[C@@H]2C)cc1. The number of aryl methyl sites for hydroxylation is 1. The molecule has 0 spiro atoms. The Morgan fingerprint density at radius 2 is 2.00 bits per heavy atom. The molecular weight excluding hydrogens is 304 g/mol.